The van der Waals surface area contributed by atoms with E-state index in [4.69, 9.17) is 16.6 Å². The molecule has 1 saturated heterocycles. The molecule has 148 valence electrons. The molecular formula is C15H18F2N4O3S3. The normalized spacial score (nSPS) is 16.7. The molecule has 1 fully saturated rings. The van der Waals surface area contributed by atoms with E-state index >= 15 is 0 Å². The summed E-state index contributed by atoms with van der Waals surface area (Å²) < 4.78 is 61.0. The summed E-state index contributed by atoms with van der Waals surface area (Å²) in [4.78, 5) is 1.30. The molecule has 27 heavy (non-hydrogen) atoms. The zero-order valence-corrected chi connectivity index (χ0v) is 16.9. The number of halogens is 2. The van der Waals surface area contributed by atoms with Crippen molar-refractivity contribution in [3.8, 4) is 0 Å². The summed E-state index contributed by atoms with van der Waals surface area (Å²) in [7, 11) is -4.24. The van der Waals surface area contributed by atoms with E-state index in [0.717, 1.165) is 22.5 Å². The first-order chi connectivity index (χ1) is 12.8. The Labute approximate surface area is 165 Å². The molecule has 2 aromatic rings. The summed E-state index contributed by atoms with van der Waals surface area (Å²) in [6.45, 7) is 1.33. The summed E-state index contributed by atoms with van der Waals surface area (Å²) in [6, 6.07) is 3.00. The molecule has 1 aromatic heterocycles. The highest BCUT2D eigenvalue weighted by molar-refractivity contribution is 7.97. The maximum Gasteiger partial charge on any atom is 0.288 e. The van der Waals surface area contributed by atoms with Crippen molar-refractivity contribution >= 4 is 34.0 Å². The van der Waals surface area contributed by atoms with Crippen LogP contribution in [0.15, 0.2) is 27.5 Å². The number of aromatic nitrogens is 2. The molecule has 12 heteroatoms. The third kappa shape index (κ3) is 4.40. The molecule has 0 N–H and O–H groups in total. The molecule has 0 aliphatic carbocycles. The van der Waals surface area contributed by atoms with Crippen molar-refractivity contribution in [1.29, 1.82) is 0 Å². The Morgan fingerprint density at radius 1 is 1.22 bits per heavy atom. The molecule has 1 aliphatic heterocycles. The SMILES string of the molecule is CSCc1nn(CN2CCN(S(=O)(=O)c3c(F)cccc3F)CC2)c(=S)o1. The third-order valence-electron chi connectivity index (χ3n) is 4.10. The van der Waals surface area contributed by atoms with E-state index in [-0.39, 0.29) is 17.9 Å². The smallest absolute Gasteiger partial charge is 0.288 e. The van der Waals surface area contributed by atoms with Crippen LogP contribution in [-0.4, -0.2) is 59.8 Å². The first-order valence-electron chi connectivity index (χ1n) is 8.05. The van der Waals surface area contributed by atoms with Crippen LogP contribution in [0.1, 0.15) is 5.89 Å². The van der Waals surface area contributed by atoms with Crippen LogP contribution in [0, 0.1) is 16.5 Å². The Bertz CT molecular complexity index is 949. The number of benzene rings is 1. The van der Waals surface area contributed by atoms with Crippen molar-refractivity contribution in [2.24, 2.45) is 0 Å². The van der Waals surface area contributed by atoms with E-state index in [1.807, 2.05) is 11.2 Å². The van der Waals surface area contributed by atoms with E-state index in [1.165, 1.54) is 0 Å². The second kappa shape index (κ2) is 8.35. The predicted octanol–water partition coefficient (Wildman–Crippen LogP) is 2.31. The van der Waals surface area contributed by atoms with Crippen LogP contribution in [-0.2, 0) is 22.4 Å². The van der Waals surface area contributed by atoms with Gasteiger partial charge < -0.3 is 4.42 Å². The summed E-state index contributed by atoms with van der Waals surface area (Å²) >= 11 is 6.70. The predicted molar refractivity (Wildman–Crippen MR) is 99.2 cm³/mol. The van der Waals surface area contributed by atoms with Crippen LogP contribution in [0.2, 0.25) is 0 Å². The molecule has 7 nitrogen and oxygen atoms in total. The standard InChI is InChI=1S/C15H18F2N4O3S3/c1-26-9-13-18-21(15(25)24-13)10-19-5-7-20(8-6-19)27(22,23)14-11(16)3-2-4-12(14)17/h2-4H,5-10H2,1H3. The van der Waals surface area contributed by atoms with Gasteiger partial charge in [0, 0.05) is 26.2 Å². The van der Waals surface area contributed by atoms with Crippen LogP contribution < -0.4 is 0 Å². The first kappa shape index (κ1) is 20.4. The molecule has 0 unspecified atom stereocenters. The maximum atomic E-state index is 13.9. The van der Waals surface area contributed by atoms with Gasteiger partial charge in [0.1, 0.15) is 11.6 Å². The van der Waals surface area contributed by atoms with Gasteiger partial charge in [0.2, 0.25) is 15.9 Å². The van der Waals surface area contributed by atoms with Gasteiger partial charge in [-0.25, -0.2) is 21.9 Å². The molecule has 1 aromatic carbocycles. The van der Waals surface area contributed by atoms with E-state index < -0.39 is 26.6 Å². The average molecular weight is 437 g/mol. The number of nitrogens with zero attached hydrogens (tertiary/aromatic N) is 4. The van der Waals surface area contributed by atoms with Crippen molar-refractivity contribution < 1.29 is 21.6 Å². The van der Waals surface area contributed by atoms with Crippen molar-refractivity contribution in [2.45, 2.75) is 17.3 Å². The quantitative estimate of drug-likeness (QED) is 0.644. The second-order valence-corrected chi connectivity index (χ2v) is 9.00. The highest BCUT2D eigenvalue weighted by Crippen LogP contribution is 2.23. The fraction of sp³-hybridized carbons (Fsp3) is 0.467. The molecule has 2 heterocycles. The summed E-state index contributed by atoms with van der Waals surface area (Å²) in [5.41, 5.74) is 0. The van der Waals surface area contributed by atoms with Gasteiger partial charge in [-0.05, 0) is 30.6 Å². The Morgan fingerprint density at radius 2 is 1.85 bits per heavy atom. The Morgan fingerprint density at radius 3 is 2.44 bits per heavy atom. The van der Waals surface area contributed by atoms with Crippen LogP contribution in [0.3, 0.4) is 0 Å². The summed E-state index contributed by atoms with van der Waals surface area (Å²) in [5, 5.41) is 4.28. The topological polar surface area (TPSA) is 71.6 Å². The van der Waals surface area contributed by atoms with Gasteiger partial charge in [-0.2, -0.15) is 16.1 Å². The van der Waals surface area contributed by atoms with Crippen LogP contribution >= 0.6 is 24.0 Å². The van der Waals surface area contributed by atoms with Crippen molar-refractivity contribution in [3.63, 3.8) is 0 Å². The van der Waals surface area contributed by atoms with Crippen molar-refractivity contribution in [3.05, 3.63) is 40.6 Å². The van der Waals surface area contributed by atoms with Crippen LogP contribution in [0.4, 0.5) is 8.78 Å². The van der Waals surface area contributed by atoms with Crippen molar-refractivity contribution in [1.82, 2.24) is 19.0 Å². The molecular weight excluding hydrogens is 418 g/mol. The lowest BCUT2D eigenvalue weighted by atomic mass is 10.3. The number of rotatable bonds is 6. The number of hydrogen-bond donors (Lipinski definition) is 0. The van der Waals surface area contributed by atoms with Gasteiger partial charge in [-0.15, -0.1) is 5.10 Å². The minimum Gasteiger partial charge on any atom is -0.413 e. The van der Waals surface area contributed by atoms with E-state index in [1.54, 1.807) is 16.4 Å². The fourth-order valence-corrected chi connectivity index (χ4v) is 4.87. The maximum absolute atomic E-state index is 13.9. The zero-order valence-electron chi connectivity index (χ0n) is 14.5. The highest BCUT2D eigenvalue weighted by Gasteiger charge is 2.33. The van der Waals surface area contributed by atoms with Crippen molar-refractivity contribution in [2.75, 3.05) is 32.4 Å². The first-order valence-corrected chi connectivity index (χ1v) is 11.3. The Kier molecular flexibility index (Phi) is 6.31. The lowest BCUT2D eigenvalue weighted by Gasteiger charge is -2.33. The van der Waals surface area contributed by atoms with Gasteiger partial charge >= 0.3 is 0 Å². The fourth-order valence-electron chi connectivity index (χ4n) is 2.78. The zero-order chi connectivity index (χ0) is 19.6. The molecule has 1 aliphatic rings. The van der Waals surface area contributed by atoms with Gasteiger partial charge in [-0.1, -0.05) is 6.07 Å². The number of hydrogen-bond acceptors (Lipinski definition) is 7. The average Bonchev–Trinajstić information content (AvgIpc) is 2.94. The molecule has 0 amide bonds. The molecule has 0 saturated carbocycles. The van der Waals surface area contributed by atoms with Crippen LogP contribution in [0.25, 0.3) is 0 Å². The Balaban J connectivity index is 1.67. The van der Waals surface area contributed by atoms with Gasteiger partial charge in [-0.3, -0.25) is 4.90 Å². The van der Waals surface area contributed by atoms with E-state index in [2.05, 4.69) is 5.10 Å². The lowest BCUT2D eigenvalue weighted by Crippen LogP contribution is -2.49. The summed E-state index contributed by atoms with van der Waals surface area (Å²) in [6.07, 6.45) is 1.93. The number of sulfonamides is 1. The third-order valence-corrected chi connectivity index (χ3v) is 6.88. The largest absolute Gasteiger partial charge is 0.413 e. The van der Waals surface area contributed by atoms with Gasteiger partial charge in [0.05, 0.1) is 12.4 Å². The van der Waals surface area contributed by atoms with E-state index in [9.17, 15) is 17.2 Å². The minimum absolute atomic E-state index is 0.110. The lowest BCUT2D eigenvalue weighted by molar-refractivity contribution is 0.143. The molecule has 0 atom stereocenters. The highest BCUT2D eigenvalue weighted by atomic mass is 32.2. The number of piperazine rings is 1. The molecule has 0 radical (unpaired) electrons. The molecule has 0 bridgehead atoms. The summed E-state index contributed by atoms with van der Waals surface area (Å²) in [5.74, 6) is -1.04. The number of thioether (sulfide) groups is 1. The minimum atomic E-state index is -4.24. The Hall–Kier alpha value is -1.34. The van der Waals surface area contributed by atoms with Crippen LogP contribution in [0.5, 0.6) is 0 Å². The molecule has 0 spiro atoms. The van der Waals surface area contributed by atoms with Gasteiger partial charge in [0.15, 0.2) is 4.90 Å². The second-order valence-electron chi connectivity index (χ2n) is 5.91. The van der Waals surface area contributed by atoms with Gasteiger partial charge in [0.25, 0.3) is 4.84 Å². The monoisotopic (exact) mass is 436 g/mol. The molecule has 3 rings (SSSR count). The van der Waals surface area contributed by atoms with E-state index in [0.29, 0.717) is 31.4 Å².